The summed E-state index contributed by atoms with van der Waals surface area (Å²) in [6.45, 7) is 4.33. The van der Waals surface area contributed by atoms with Gasteiger partial charge in [-0.05, 0) is 54.8 Å². The molecule has 33 heavy (non-hydrogen) atoms. The number of amides is 2. The van der Waals surface area contributed by atoms with Crippen LogP contribution in [0.5, 0.6) is 5.75 Å². The summed E-state index contributed by atoms with van der Waals surface area (Å²) in [5.74, 6) is -1.81. The fourth-order valence-corrected chi connectivity index (χ4v) is 3.52. The van der Waals surface area contributed by atoms with Crippen LogP contribution in [0.2, 0.25) is 0 Å². The third-order valence-corrected chi connectivity index (χ3v) is 5.47. The fraction of sp³-hybridized carbons (Fsp3) is 0.417. The molecule has 3 rings (SSSR count). The molecule has 1 heterocycles. The van der Waals surface area contributed by atoms with Crippen molar-refractivity contribution in [3.8, 4) is 5.75 Å². The second-order valence-electron chi connectivity index (χ2n) is 8.09. The van der Waals surface area contributed by atoms with E-state index in [-0.39, 0.29) is 11.4 Å². The van der Waals surface area contributed by atoms with Crippen LogP contribution in [0, 0.1) is 12.8 Å². The van der Waals surface area contributed by atoms with E-state index in [0.29, 0.717) is 6.61 Å². The monoisotopic (exact) mass is 463 g/mol. The number of nitrogens with zero attached hydrogens (tertiary/aromatic N) is 1. The number of halogens is 3. The average molecular weight is 464 g/mol. The predicted molar refractivity (Wildman–Crippen MR) is 119 cm³/mol. The Hall–Kier alpha value is -3.23. The van der Waals surface area contributed by atoms with Gasteiger partial charge in [-0.25, -0.2) is 0 Å². The lowest BCUT2D eigenvalue weighted by atomic mass is 10.1. The van der Waals surface area contributed by atoms with Gasteiger partial charge in [-0.1, -0.05) is 25.5 Å². The summed E-state index contributed by atoms with van der Waals surface area (Å²) in [4.78, 5) is 23.5. The molecule has 0 spiro atoms. The Morgan fingerprint density at radius 3 is 2.52 bits per heavy atom. The fourth-order valence-electron chi connectivity index (χ4n) is 3.52. The zero-order valence-electron chi connectivity index (χ0n) is 18.7. The van der Waals surface area contributed by atoms with Crippen LogP contribution in [0.4, 0.5) is 24.5 Å². The standard InChI is InChI=1S/C24H28F3N3O3/c1-3-4-11-33-20-9-10-21(16(2)12-20)29-19-7-5-17(6-8-19)14-28-23(32)18-13-22(31)30(15-18)24(25,26)27/h5-10,12,18,29H,3-4,11,13-15H2,1-2H3,(H,28,32). The van der Waals surface area contributed by atoms with Crippen molar-refractivity contribution < 1.29 is 27.5 Å². The van der Waals surface area contributed by atoms with E-state index < -0.39 is 37.0 Å². The van der Waals surface area contributed by atoms with Gasteiger partial charge in [-0.15, -0.1) is 13.2 Å². The van der Waals surface area contributed by atoms with Gasteiger partial charge in [0.1, 0.15) is 5.75 Å². The second kappa shape index (κ2) is 10.6. The van der Waals surface area contributed by atoms with Gasteiger partial charge in [0, 0.05) is 30.9 Å². The number of rotatable bonds is 9. The van der Waals surface area contributed by atoms with Crippen LogP contribution in [0.3, 0.4) is 0 Å². The number of carbonyl (C=O) groups is 2. The highest BCUT2D eigenvalue weighted by atomic mass is 19.4. The minimum Gasteiger partial charge on any atom is -0.494 e. The molecule has 1 fully saturated rings. The molecule has 2 aromatic carbocycles. The van der Waals surface area contributed by atoms with E-state index in [9.17, 15) is 22.8 Å². The van der Waals surface area contributed by atoms with Gasteiger partial charge in [0.15, 0.2) is 0 Å². The third-order valence-electron chi connectivity index (χ3n) is 5.47. The number of ether oxygens (including phenoxy) is 1. The van der Waals surface area contributed by atoms with Gasteiger partial charge in [0.05, 0.1) is 12.5 Å². The molecule has 0 saturated carbocycles. The molecule has 1 atom stereocenters. The van der Waals surface area contributed by atoms with Gasteiger partial charge in [-0.3, -0.25) is 14.5 Å². The van der Waals surface area contributed by atoms with Crippen molar-refractivity contribution in [2.24, 2.45) is 5.92 Å². The molecular weight excluding hydrogens is 435 g/mol. The number of alkyl halides is 3. The topological polar surface area (TPSA) is 70.7 Å². The molecule has 0 aromatic heterocycles. The number of benzene rings is 2. The molecule has 1 unspecified atom stereocenters. The number of likely N-dealkylation sites (tertiary alicyclic amines) is 1. The lowest BCUT2D eigenvalue weighted by molar-refractivity contribution is -0.235. The van der Waals surface area contributed by atoms with Gasteiger partial charge in [0.25, 0.3) is 0 Å². The molecule has 2 aromatic rings. The first kappa shape index (κ1) is 24.4. The van der Waals surface area contributed by atoms with Gasteiger partial charge < -0.3 is 15.4 Å². The minimum absolute atomic E-state index is 0.165. The lowest BCUT2D eigenvalue weighted by Gasteiger charge is -2.19. The molecule has 1 aliphatic heterocycles. The quantitative estimate of drug-likeness (QED) is 0.410. The molecule has 178 valence electrons. The summed E-state index contributed by atoms with van der Waals surface area (Å²) >= 11 is 0. The van der Waals surface area contributed by atoms with E-state index in [2.05, 4.69) is 17.6 Å². The van der Waals surface area contributed by atoms with E-state index in [1.807, 2.05) is 49.4 Å². The van der Waals surface area contributed by atoms with Crippen LogP contribution in [-0.4, -0.2) is 36.2 Å². The molecular formula is C24H28F3N3O3. The van der Waals surface area contributed by atoms with Gasteiger partial charge >= 0.3 is 6.30 Å². The normalized spacial score (nSPS) is 16.1. The lowest BCUT2D eigenvalue weighted by Crippen LogP contribution is -2.40. The summed E-state index contributed by atoms with van der Waals surface area (Å²) in [6, 6.07) is 13.2. The predicted octanol–water partition coefficient (Wildman–Crippen LogP) is 4.90. The molecule has 0 bridgehead atoms. The number of aryl methyl sites for hydroxylation is 1. The first-order chi connectivity index (χ1) is 15.7. The van der Waals surface area contributed by atoms with Gasteiger partial charge in [0.2, 0.25) is 11.8 Å². The summed E-state index contributed by atoms with van der Waals surface area (Å²) in [6.07, 6.45) is -3.10. The Kier molecular flexibility index (Phi) is 7.84. The summed E-state index contributed by atoms with van der Waals surface area (Å²) < 4.78 is 44.0. The van der Waals surface area contributed by atoms with Crippen molar-refractivity contribution in [1.82, 2.24) is 10.2 Å². The molecule has 1 aliphatic rings. The Bertz CT molecular complexity index is 977. The average Bonchev–Trinajstić information content (AvgIpc) is 3.17. The molecule has 2 N–H and O–H groups in total. The first-order valence-corrected chi connectivity index (χ1v) is 10.9. The summed E-state index contributed by atoms with van der Waals surface area (Å²) in [5.41, 5.74) is 3.63. The van der Waals surface area contributed by atoms with E-state index in [1.54, 1.807) is 0 Å². The Morgan fingerprint density at radius 1 is 1.18 bits per heavy atom. The van der Waals surface area contributed by atoms with Crippen molar-refractivity contribution in [1.29, 1.82) is 0 Å². The van der Waals surface area contributed by atoms with Crippen LogP contribution < -0.4 is 15.4 Å². The van der Waals surface area contributed by atoms with Crippen molar-refractivity contribution in [2.45, 2.75) is 46.0 Å². The van der Waals surface area contributed by atoms with E-state index >= 15 is 0 Å². The number of nitrogens with one attached hydrogen (secondary N) is 2. The third kappa shape index (κ3) is 6.63. The number of hydrogen-bond acceptors (Lipinski definition) is 4. The van der Waals surface area contributed by atoms with Crippen LogP contribution >= 0.6 is 0 Å². The van der Waals surface area contributed by atoms with Crippen molar-refractivity contribution in [3.05, 3.63) is 53.6 Å². The molecule has 9 heteroatoms. The van der Waals surface area contributed by atoms with Crippen LogP contribution in [0.25, 0.3) is 0 Å². The van der Waals surface area contributed by atoms with Crippen molar-refractivity contribution in [2.75, 3.05) is 18.5 Å². The minimum atomic E-state index is -4.75. The molecule has 6 nitrogen and oxygen atoms in total. The maximum absolute atomic E-state index is 12.8. The second-order valence-corrected chi connectivity index (χ2v) is 8.09. The number of unbranched alkanes of at least 4 members (excludes halogenated alkanes) is 1. The summed E-state index contributed by atoms with van der Waals surface area (Å²) in [7, 11) is 0. The van der Waals surface area contributed by atoms with Crippen LogP contribution in [0.1, 0.15) is 37.3 Å². The van der Waals surface area contributed by atoms with Crippen molar-refractivity contribution >= 4 is 23.2 Å². The first-order valence-electron chi connectivity index (χ1n) is 10.9. The highest BCUT2D eigenvalue weighted by Crippen LogP contribution is 2.30. The van der Waals surface area contributed by atoms with Crippen LogP contribution in [0.15, 0.2) is 42.5 Å². The smallest absolute Gasteiger partial charge is 0.487 e. The zero-order valence-corrected chi connectivity index (χ0v) is 18.7. The van der Waals surface area contributed by atoms with Crippen molar-refractivity contribution in [3.63, 3.8) is 0 Å². The van der Waals surface area contributed by atoms with E-state index in [1.165, 1.54) is 0 Å². The maximum Gasteiger partial charge on any atom is 0.487 e. The number of carbonyl (C=O) groups excluding carboxylic acids is 2. The summed E-state index contributed by atoms with van der Waals surface area (Å²) in [5, 5.41) is 5.95. The maximum atomic E-state index is 12.8. The molecule has 1 saturated heterocycles. The molecule has 0 aliphatic carbocycles. The largest absolute Gasteiger partial charge is 0.494 e. The number of hydrogen-bond donors (Lipinski definition) is 2. The van der Waals surface area contributed by atoms with E-state index in [0.717, 1.165) is 41.1 Å². The highest BCUT2D eigenvalue weighted by molar-refractivity contribution is 5.89. The highest BCUT2D eigenvalue weighted by Gasteiger charge is 2.48. The zero-order chi connectivity index (χ0) is 24.0. The number of anilines is 2. The van der Waals surface area contributed by atoms with Gasteiger partial charge in [-0.2, -0.15) is 0 Å². The molecule has 0 radical (unpaired) electrons. The van der Waals surface area contributed by atoms with Crippen LogP contribution in [-0.2, 0) is 16.1 Å². The Morgan fingerprint density at radius 2 is 1.91 bits per heavy atom. The van der Waals surface area contributed by atoms with E-state index in [4.69, 9.17) is 4.74 Å². The Labute approximate surface area is 191 Å². The molecule has 2 amide bonds. The Balaban J connectivity index is 1.50. The SMILES string of the molecule is CCCCOc1ccc(Nc2ccc(CNC(=O)C3CC(=O)N(C(F)(F)F)C3)cc2)c(C)c1.